The predicted octanol–water partition coefficient (Wildman–Crippen LogP) is 6.35. The van der Waals surface area contributed by atoms with Crippen molar-refractivity contribution in [1.82, 2.24) is 5.32 Å². The van der Waals surface area contributed by atoms with Gasteiger partial charge in [-0.25, -0.2) is 0 Å². The summed E-state index contributed by atoms with van der Waals surface area (Å²) >= 11 is 3.63. The van der Waals surface area contributed by atoms with Crippen LogP contribution in [0.2, 0.25) is 0 Å². The molecule has 0 unspecified atom stereocenters. The SMILES string of the molecule is CNC/C(=C\c1cc(Br)ccc1-c1ccccc1)CCc1ccccc1. The van der Waals surface area contributed by atoms with Crippen LogP contribution in [-0.2, 0) is 6.42 Å². The van der Waals surface area contributed by atoms with Gasteiger partial charge < -0.3 is 5.32 Å². The van der Waals surface area contributed by atoms with Gasteiger partial charge in [-0.3, -0.25) is 0 Å². The maximum absolute atomic E-state index is 3.63. The maximum atomic E-state index is 3.63. The van der Waals surface area contributed by atoms with Crippen LogP contribution in [0.3, 0.4) is 0 Å². The normalized spacial score (nSPS) is 11.5. The maximum Gasteiger partial charge on any atom is 0.0181 e. The molecule has 1 N–H and O–H groups in total. The summed E-state index contributed by atoms with van der Waals surface area (Å²) in [6.07, 6.45) is 4.45. The number of benzene rings is 3. The van der Waals surface area contributed by atoms with E-state index in [-0.39, 0.29) is 0 Å². The van der Waals surface area contributed by atoms with Gasteiger partial charge in [-0.15, -0.1) is 0 Å². The number of halogens is 1. The highest BCUT2D eigenvalue weighted by Crippen LogP contribution is 2.29. The van der Waals surface area contributed by atoms with Crippen LogP contribution in [0.5, 0.6) is 0 Å². The highest BCUT2D eigenvalue weighted by Gasteiger charge is 2.06. The summed E-state index contributed by atoms with van der Waals surface area (Å²) in [6.45, 7) is 0.896. The minimum Gasteiger partial charge on any atom is -0.316 e. The fraction of sp³-hybridized carbons (Fsp3) is 0.167. The topological polar surface area (TPSA) is 12.0 Å². The van der Waals surface area contributed by atoms with Crippen LogP contribution < -0.4 is 5.32 Å². The van der Waals surface area contributed by atoms with E-state index in [9.17, 15) is 0 Å². The third kappa shape index (κ3) is 5.17. The minimum atomic E-state index is 0.896. The van der Waals surface area contributed by atoms with E-state index >= 15 is 0 Å². The highest BCUT2D eigenvalue weighted by atomic mass is 79.9. The molecule has 0 aliphatic heterocycles. The smallest absolute Gasteiger partial charge is 0.0181 e. The van der Waals surface area contributed by atoms with E-state index in [1.54, 1.807) is 0 Å². The lowest BCUT2D eigenvalue weighted by Crippen LogP contribution is -2.11. The van der Waals surface area contributed by atoms with Crippen molar-refractivity contribution in [3.63, 3.8) is 0 Å². The second-order valence-corrected chi connectivity index (χ2v) is 7.33. The zero-order valence-electron chi connectivity index (χ0n) is 15.1. The summed E-state index contributed by atoms with van der Waals surface area (Å²) in [4.78, 5) is 0. The van der Waals surface area contributed by atoms with Crippen molar-refractivity contribution in [2.75, 3.05) is 13.6 Å². The van der Waals surface area contributed by atoms with Gasteiger partial charge in [0.15, 0.2) is 0 Å². The molecule has 1 nitrogen and oxygen atoms in total. The van der Waals surface area contributed by atoms with Gasteiger partial charge in [-0.05, 0) is 54.3 Å². The van der Waals surface area contributed by atoms with Gasteiger partial charge in [0.2, 0.25) is 0 Å². The second-order valence-electron chi connectivity index (χ2n) is 6.42. The molecule has 0 spiro atoms. The van der Waals surface area contributed by atoms with Gasteiger partial charge in [0, 0.05) is 11.0 Å². The fourth-order valence-electron chi connectivity index (χ4n) is 3.14. The van der Waals surface area contributed by atoms with E-state index in [1.165, 1.54) is 27.8 Å². The van der Waals surface area contributed by atoms with Gasteiger partial charge in [0.25, 0.3) is 0 Å². The van der Waals surface area contributed by atoms with Gasteiger partial charge in [0.05, 0.1) is 0 Å². The molecule has 3 aromatic rings. The zero-order valence-corrected chi connectivity index (χ0v) is 16.7. The number of likely N-dealkylation sites (N-methyl/N-ethyl adjacent to an activating group) is 1. The Morgan fingerprint density at radius 1 is 0.923 bits per heavy atom. The summed E-state index contributed by atoms with van der Waals surface area (Å²) in [7, 11) is 2.01. The molecule has 0 atom stereocenters. The fourth-order valence-corrected chi connectivity index (χ4v) is 3.52. The number of hydrogen-bond acceptors (Lipinski definition) is 1. The molecule has 2 heteroatoms. The van der Waals surface area contributed by atoms with Crippen molar-refractivity contribution >= 4 is 22.0 Å². The summed E-state index contributed by atoms with van der Waals surface area (Å²) in [5, 5.41) is 3.32. The van der Waals surface area contributed by atoms with E-state index in [0.717, 1.165) is 23.9 Å². The van der Waals surface area contributed by atoms with Gasteiger partial charge in [0.1, 0.15) is 0 Å². The lowest BCUT2D eigenvalue weighted by atomic mass is 9.96. The van der Waals surface area contributed by atoms with Crippen LogP contribution in [0.15, 0.2) is 88.9 Å². The zero-order chi connectivity index (χ0) is 18.2. The van der Waals surface area contributed by atoms with Crippen molar-refractivity contribution in [1.29, 1.82) is 0 Å². The van der Waals surface area contributed by atoms with Crippen LogP contribution in [0, 0.1) is 0 Å². The average Bonchev–Trinajstić information content (AvgIpc) is 2.68. The molecule has 0 aromatic heterocycles. The minimum absolute atomic E-state index is 0.896. The molecule has 132 valence electrons. The molecule has 3 aromatic carbocycles. The summed E-state index contributed by atoms with van der Waals surface area (Å²) < 4.78 is 1.11. The molecule has 0 fully saturated rings. The Kier molecular flexibility index (Phi) is 6.82. The molecule has 0 aliphatic carbocycles. The number of nitrogens with one attached hydrogen (secondary N) is 1. The number of hydrogen-bond donors (Lipinski definition) is 1. The molecule has 0 saturated carbocycles. The standard InChI is InChI=1S/C24H24BrN/c1-26-18-20(13-12-19-8-4-2-5-9-19)16-22-17-23(25)14-15-24(22)21-10-6-3-7-11-21/h2-11,14-17,26H,12-13,18H2,1H3/b20-16-. The van der Waals surface area contributed by atoms with Crippen LogP contribution in [0.25, 0.3) is 17.2 Å². The Bertz CT molecular complexity index is 854. The first-order valence-corrected chi connectivity index (χ1v) is 9.78. The summed E-state index contributed by atoms with van der Waals surface area (Å²) in [5.41, 5.74) is 6.56. The number of rotatable bonds is 7. The molecule has 3 rings (SSSR count). The Hall–Kier alpha value is -2.16. The largest absolute Gasteiger partial charge is 0.316 e. The number of aryl methyl sites for hydroxylation is 1. The Morgan fingerprint density at radius 3 is 2.31 bits per heavy atom. The first-order valence-electron chi connectivity index (χ1n) is 8.99. The molecule has 0 aliphatic rings. The molecular formula is C24H24BrN. The van der Waals surface area contributed by atoms with E-state index in [0.29, 0.717) is 0 Å². The summed E-state index contributed by atoms with van der Waals surface area (Å²) in [5.74, 6) is 0. The first kappa shape index (κ1) is 18.6. The third-order valence-electron chi connectivity index (χ3n) is 4.44. The lowest BCUT2D eigenvalue weighted by molar-refractivity contribution is 0.819. The van der Waals surface area contributed by atoms with E-state index in [1.807, 2.05) is 7.05 Å². The van der Waals surface area contributed by atoms with Crippen molar-refractivity contribution in [3.05, 3.63) is 100 Å². The van der Waals surface area contributed by atoms with Crippen LogP contribution in [0.1, 0.15) is 17.5 Å². The average molecular weight is 406 g/mol. The molecule has 0 amide bonds. The van der Waals surface area contributed by atoms with Crippen molar-refractivity contribution < 1.29 is 0 Å². The van der Waals surface area contributed by atoms with Gasteiger partial charge in [-0.1, -0.05) is 94.3 Å². The molecule has 0 bridgehead atoms. The summed E-state index contributed by atoms with van der Waals surface area (Å²) in [6, 6.07) is 27.8. The molecule has 0 saturated heterocycles. The monoisotopic (exact) mass is 405 g/mol. The van der Waals surface area contributed by atoms with E-state index in [2.05, 4.69) is 106 Å². The Labute approximate surface area is 164 Å². The van der Waals surface area contributed by atoms with Crippen molar-refractivity contribution in [3.8, 4) is 11.1 Å². The third-order valence-corrected chi connectivity index (χ3v) is 4.93. The van der Waals surface area contributed by atoms with Crippen LogP contribution in [0.4, 0.5) is 0 Å². The van der Waals surface area contributed by atoms with E-state index < -0.39 is 0 Å². The quantitative estimate of drug-likeness (QED) is 0.482. The van der Waals surface area contributed by atoms with Gasteiger partial charge >= 0.3 is 0 Å². The van der Waals surface area contributed by atoms with Crippen LogP contribution >= 0.6 is 15.9 Å². The second kappa shape index (κ2) is 9.51. The van der Waals surface area contributed by atoms with Crippen LogP contribution in [-0.4, -0.2) is 13.6 Å². The first-order chi connectivity index (χ1) is 12.8. The van der Waals surface area contributed by atoms with Crippen molar-refractivity contribution in [2.24, 2.45) is 0 Å². The lowest BCUT2D eigenvalue weighted by Gasteiger charge is -2.12. The Morgan fingerprint density at radius 2 is 1.62 bits per heavy atom. The molecule has 0 heterocycles. The highest BCUT2D eigenvalue weighted by molar-refractivity contribution is 9.10. The van der Waals surface area contributed by atoms with Crippen molar-refractivity contribution in [2.45, 2.75) is 12.8 Å². The molecule has 26 heavy (non-hydrogen) atoms. The van der Waals surface area contributed by atoms with E-state index in [4.69, 9.17) is 0 Å². The predicted molar refractivity (Wildman–Crippen MR) is 116 cm³/mol. The molecular weight excluding hydrogens is 382 g/mol. The molecule has 0 radical (unpaired) electrons. The Balaban J connectivity index is 1.90. The van der Waals surface area contributed by atoms with Gasteiger partial charge in [-0.2, -0.15) is 0 Å².